The highest BCUT2D eigenvalue weighted by molar-refractivity contribution is 5.76. The van der Waals surface area contributed by atoms with Gasteiger partial charge in [0.1, 0.15) is 11.6 Å². The zero-order valence-corrected chi connectivity index (χ0v) is 12.2. The van der Waals surface area contributed by atoms with Crippen molar-refractivity contribution < 1.29 is 9.90 Å². The number of fused-ring (bicyclic) bond motifs is 1. The number of rotatable bonds is 4. The van der Waals surface area contributed by atoms with Gasteiger partial charge in [-0.15, -0.1) is 0 Å². The Morgan fingerprint density at radius 1 is 1.23 bits per heavy atom. The SMILES string of the molecule is CC(=O)NC(Cc1ccc(O)cc1)c1nc2ccccc2[nH]1. The van der Waals surface area contributed by atoms with Crippen molar-refractivity contribution in [1.29, 1.82) is 0 Å². The fraction of sp³-hybridized carbons (Fsp3) is 0.176. The molecule has 3 aromatic rings. The second kappa shape index (κ2) is 5.89. The molecule has 0 aliphatic carbocycles. The van der Waals surface area contributed by atoms with Crippen LogP contribution in [0, 0.1) is 0 Å². The molecule has 22 heavy (non-hydrogen) atoms. The second-order valence-corrected chi connectivity index (χ2v) is 5.26. The first-order chi connectivity index (χ1) is 10.6. The molecule has 3 N–H and O–H groups in total. The van der Waals surface area contributed by atoms with Crippen LogP contribution >= 0.6 is 0 Å². The topological polar surface area (TPSA) is 78.0 Å². The highest BCUT2D eigenvalue weighted by Gasteiger charge is 2.17. The second-order valence-electron chi connectivity index (χ2n) is 5.26. The number of nitrogens with zero attached hydrogens (tertiary/aromatic N) is 1. The number of benzene rings is 2. The van der Waals surface area contributed by atoms with Gasteiger partial charge >= 0.3 is 0 Å². The first-order valence-electron chi connectivity index (χ1n) is 7.11. The number of hydrogen-bond acceptors (Lipinski definition) is 3. The molecule has 1 amide bonds. The Bertz CT molecular complexity index is 760. The monoisotopic (exact) mass is 295 g/mol. The Morgan fingerprint density at radius 3 is 2.64 bits per heavy atom. The maximum Gasteiger partial charge on any atom is 0.217 e. The van der Waals surface area contributed by atoms with Gasteiger partial charge in [-0.25, -0.2) is 4.98 Å². The number of aromatic amines is 1. The van der Waals surface area contributed by atoms with Crippen LogP contribution in [0.15, 0.2) is 48.5 Å². The predicted molar refractivity (Wildman–Crippen MR) is 84.5 cm³/mol. The molecular weight excluding hydrogens is 278 g/mol. The molecule has 5 nitrogen and oxygen atoms in total. The molecule has 0 saturated heterocycles. The Kier molecular flexibility index (Phi) is 3.78. The molecular formula is C17H17N3O2. The Morgan fingerprint density at radius 2 is 1.95 bits per heavy atom. The normalized spacial score (nSPS) is 12.2. The number of amides is 1. The molecule has 112 valence electrons. The third-order valence-corrected chi connectivity index (χ3v) is 3.49. The van der Waals surface area contributed by atoms with E-state index < -0.39 is 0 Å². The Balaban J connectivity index is 1.91. The minimum absolute atomic E-state index is 0.107. The average molecular weight is 295 g/mol. The summed E-state index contributed by atoms with van der Waals surface area (Å²) in [5, 5.41) is 12.3. The Hall–Kier alpha value is -2.82. The fourth-order valence-electron chi connectivity index (χ4n) is 2.47. The molecule has 1 heterocycles. The van der Waals surface area contributed by atoms with E-state index in [2.05, 4.69) is 15.3 Å². The first-order valence-corrected chi connectivity index (χ1v) is 7.11. The molecule has 0 fully saturated rings. The summed E-state index contributed by atoms with van der Waals surface area (Å²) in [6.07, 6.45) is 0.597. The maximum absolute atomic E-state index is 11.5. The number of para-hydroxylation sites is 2. The number of phenolic OH excluding ortho intramolecular Hbond substituents is 1. The van der Waals surface area contributed by atoms with E-state index in [1.54, 1.807) is 12.1 Å². The van der Waals surface area contributed by atoms with Crippen molar-refractivity contribution in [3.63, 3.8) is 0 Å². The molecule has 5 heteroatoms. The smallest absolute Gasteiger partial charge is 0.217 e. The van der Waals surface area contributed by atoms with Gasteiger partial charge in [0.25, 0.3) is 0 Å². The zero-order chi connectivity index (χ0) is 15.5. The third-order valence-electron chi connectivity index (χ3n) is 3.49. The van der Waals surface area contributed by atoms with Crippen LogP contribution in [-0.2, 0) is 11.2 Å². The molecule has 0 aliphatic rings. The number of aromatic hydroxyl groups is 1. The highest BCUT2D eigenvalue weighted by Crippen LogP contribution is 2.21. The van der Waals surface area contributed by atoms with Gasteiger partial charge in [-0.2, -0.15) is 0 Å². The van der Waals surface area contributed by atoms with E-state index in [9.17, 15) is 9.90 Å². The van der Waals surface area contributed by atoms with Crippen molar-refractivity contribution in [2.45, 2.75) is 19.4 Å². The van der Waals surface area contributed by atoms with Crippen LogP contribution in [0.5, 0.6) is 5.75 Å². The molecule has 0 aliphatic heterocycles. The lowest BCUT2D eigenvalue weighted by Gasteiger charge is -2.15. The number of phenols is 1. The zero-order valence-electron chi connectivity index (χ0n) is 12.2. The van der Waals surface area contributed by atoms with Crippen LogP contribution in [0.25, 0.3) is 11.0 Å². The molecule has 3 rings (SSSR count). The van der Waals surface area contributed by atoms with Crippen molar-refractivity contribution >= 4 is 16.9 Å². The van der Waals surface area contributed by atoms with Crippen LogP contribution in [0.4, 0.5) is 0 Å². The summed E-state index contributed by atoms with van der Waals surface area (Å²) in [5.74, 6) is 0.845. The number of H-pyrrole nitrogens is 1. The number of aromatic nitrogens is 2. The van der Waals surface area contributed by atoms with E-state index in [1.165, 1.54) is 6.92 Å². The lowest BCUT2D eigenvalue weighted by molar-refractivity contribution is -0.119. The van der Waals surface area contributed by atoms with Crippen molar-refractivity contribution in [2.75, 3.05) is 0 Å². The summed E-state index contributed by atoms with van der Waals surface area (Å²) in [5.41, 5.74) is 2.83. The number of nitrogens with one attached hydrogen (secondary N) is 2. The van der Waals surface area contributed by atoms with Crippen LogP contribution < -0.4 is 5.32 Å². The van der Waals surface area contributed by atoms with E-state index in [0.717, 1.165) is 22.4 Å². The quantitative estimate of drug-likeness (QED) is 0.692. The lowest BCUT2D eigenvalue weighted by atomic mass is 10.1. The molecule has 1 aromatic heterocycles. The largest absolute Gasteiger partial charge is 0.508 e. The van der Waals surface area contributed by atoms with Gasteiger partial charge in [-0.05, 0) is 36.2 Å². The van der Waals surface area contributed by atoms with E-state index in [1.807, 2.05) is 36.4 Å². The van der Waals surface area contributed by atoms with Crippen molar-refractivity contribution in [2.24, 2.45) is 0 Å². The predicted octanol–water partition coefficient (Wildman–Crippen LogP) is 2.69. The summed E-state index contributed by atoms with van der Waals surface area (Å²) in [6.45, 7) is 1.49. The Labute approximate surface area is 128 Å². The van der Waals surface area contributed by atoms with Crippen LogP contribution in [-0.4, -0.2) is 21.0 Å². The molecule has 0 saturated carbocycles. The van der Waals surface area contributed by atoms with Gasteiger partial charge in [0.2, 0.25) is 5.91 Å². The minimum Gasteiger partial charge on any atom is -0.508 e. The van der Waals surface area contributed by atoms with Crippen LogP contribution in [0.1, 0.15) is 24.4 Å². The van der Waals surface area contributed by atoms with Crippen LogP contribution in [0.3, 0.4) is 0 Å². The number of carbonyl (C=O) groups excluding carboxylic acids is 1. The van der Waals surface area contributed by atoms with Gasteiger partial charge in [0, 0.05) is 6.92 Å². The molecule has 0 spiro atoms. The van der Waals surface area contributed by atoms with Gasteiger partial charge in [0.15, 0.2) is 0 Å². The number of carbonyl (C=O) groups is 1. The van der Waals surface area contributed by atoms with Crippen LogP contribution in [0.2, 0.25) is 0 Å². The fourth-order valence-corrected chi connectivity index (χ4v) is 2.47. The summed E-state index contributed by atoms with van der Waals surface area (Å²) in [7, 11) is 0. The lowest BCUT2D eigenvalue weighted by Crippen LogP contribution is -2.28. The van der Waals surface area contributed by atoms with Gasteiger partial charge < -0.3 is 15.4 Å². The summed E-state index contributed by atoms with van der Waals surface area (Å²) >= 11 is 0. The highest BCUT2D eigenvalue weighted by atomic mass is 16.3. The molecule has 1 unspecified atom stereocenters. The molecule has 1 atom stereocenters. The van der Waals surface area contributed by atoms with Gasteiger partial charge in [-0.1, -0.05) is 24.3 Å². The van der Waals surface area contributed by atoms with Crippen molar-refractivity contribution in [3.05, 3.63) is 59.9 Å². The van der Waals surface area contributed by atoms with E-state index >= 15 is 0 Å². The molecule has 0 bridgehead atoms. The van der Waals surface area contributed by atoms with Crippen molar-refractivity contribution in [1.82, 2.24) is 15.3 Å². The van der Waals surface area contributed by atoms with E-state index in [4.69, 9.17) is 0 Å². The average Bonchev–Trinajstić information content (AvgIpc) is 2.92. The standard InChI is InChI=1S/C17H17N3O2/c1-11(21)18-16(10-12-6-8-13(22)9-7-12)17-19-14-4-2-3-5-15(14)20-17/h2-9,16,22H,10H2,1H3,(H,18,21)(H,19,20). The van der Waals surface area contributed by atoms with Gasteiger partial charge in [-0.3, -0.25) is 4.79 Å². The summed E-state index contributed by atoms with van der Waals surface area (Å²) < 4.78 is 0. The van der Waals surface area contributed by atoms with E-state index in [-0.39, 0.29) is 17.7 Å². The first kappa shape index (κ1) is 14.1. The van der Waals surface area contributed by atoms with Crippen molar-refractivity contribution in [3.8, 4) is 5.75 Å². The van der Waals surface area contributed by atoms with E-state index in [0.29, 0.717) is 6.42 Å². The summed E-state index contributed by atoms with van der Waals surface area (Å²) in [6, 6.07) is 14.5. The molecule has 2 aromatic carbocycles. The summed E-state index contributed by atoms with van der Waals surface area (Å²) in [4.78, 5) is 19.3. The minimum atomic E-state index is -0.241. The number of hydrogen-bond donors (Lipinski definition) is 3. The van der Waals surface area contributed by atoms with Gasteiger partial charge in [0.05, 0.1) is 17.1 Å². The third kappa shape index (κ3) is 3.09. The maximum atomic E-state index is 11.5. The molecule has 0 radical (unpaired) electrons. The number of imidazole rings is 1.